The van der Waals surface area contributed by atoms with Gasteiger partial charge in [-0.3, -0.25) is 4.90 Å². The minimum absolute atomic E-state index is 0.658. The quantitative estimate of drug-likeness (QED) is 0.580. The lowest BCUT2D eigenvalue weighted by Crippen LogP contribution is -2.24. The summed E-state index contributed by atoms with van der Waals surface area (Å²) >= 11 is 0. The van der Waals surface area contributed by atoms with Crippen LogP contribution < -0.4 is 5.73 Å². The Morgan fingerprint density at radius 2 is 2.06 bits per heavy atom. The van der Waals surface area contributed by atoms with Gasteiger partial charge in [0.2, 0.25) is 0 Å². The van der Waals surface area contributed by atoms with Crippen molar-refractivity contribution in [3.63, 3.8) is 0 Å². The third-order valence-electron chi connectivity index (χ3n) is 2.91. The molecule has 1 aromatic carbocycles. The van der Waals surface area contributed by atoms with E-state index >= 15 is 0 Å². The Morgan fingerprint density at radius 1 is 1.29 bits per heavy atom. The Balaban J connectivity index is 2.42. The summed E-state index contributed by atoms with van der Waals surface area (Å²) in [6.45, 7) is 5.10. The Kier molecular flexibility index (Phi) is 6.13. The van der Waals surface area contributed by atoms with Crippen LogP contribution in [0.3, 0.4) is 0 Å². The fourth-order valence-corrected chi connectivity index (χ4v) is 1.81. The van der Waals surface area contributed by atoms with Crippen molar-refractivity contribution >= 4 is 5.69 Å². The summed E-state index contributed by atoms with van der Waals surface area (Å²) in [5.74, 6) is 0. The van der Waals surface area contributed by atoms with E-state index in [2.05, 4.69) is 24.0 Å². The number of nitrogen functional groups attached to an aromatic ring is 1. The van der Waals surface area contributed by atoms with Crippen molar-refractivity contribution in [3.05, 3.63) is 29.8 Å². The zero-order chi connectivity index (χ0) is 12.5. The second-order valence-electron chi connectivity index (χ2n) is 4.18. The number of unbranched alkanes of at least 4 members (excludes halogenated alkanes) is 2. The predicted octanol–water partition coefficient (Wildman–Crippen LogP) is 2.78. The van der Waals surface area contributed by atoms with Crippen molar-refractivity contribution in [2.75, 3.05) is 18.8 Å². The molecular formula is C14H21N3. The molecule has 1 rings (SSSR count). The van der Waals surface area contributed by atoms with Crippen LogP contribution in [0.25, 0.3) is 0 Å². The molecule has 0 saturated heterocycles. The normalized spacial score (nSPS) is 10.4. The van der Waals surface area contributed by atoms with Crippen LogP contribution in [-0.4, -0.2) is 18.0 Å². The molecule has 0 aliphatic carbocycles. The molecule has 0 aliphatic rings. The first-order chi connectivity index (χ1) is 8.27. The lowest BCUT2D eigenvalue weighted by molar-refractivity contribution is 0.275. The van der Waals surface area contributed by atoms with E-state index in [0.717, 1.165) is 38.2 Å². The number of benzene rings is 1. The molecule has 0 amide bonds. The largest absolute Gasteiger partial charge is 0.398 e. The summed E-state index contributed by atoms with van der Waals surface area (Å²) in [7, 11) is 0. The highest BCUT2D eigenvalue weighted by molar-refractivity contribution is 5.46. The number of para-hydroxylation sites is 1. The van der Waals surface area contributed by atoms with Gasteiger partial charge in [0, 0.05) is 18.7 Å². The summed E-state index contributed by atoms with van der Waals surface area (Å²) in [5.41, 5.74) is 7.98. The Bertz CT molecular complexity index is 368. The van der Waals surface area contributed by atoms with Crippen LogP contribution in [0.1, 0.15) is 31.7 Å². The van der Waals surface area contributed by atoms with E-state index < -0.39 is 0 Å². The predicted molar refractivity (Wildman–Crippen MR) is 71.3 cm³/mol. The van der Waals surface area contributed by atoms with Crippen LogP contribution in [0, 0.1) is 11.3 Å². The molecule has 0 atom stereocenters. The third kappa shape index (κ3) is 4.88. The highest BCUT2D eigenvalue weighted by Gasteiger charge is 2.05. The Hall–Kier alpha value is -1.53. The molecule has 0 heterocycles. The second-order valence-corrected chi connectivity index (χ2v) is 4.18. The lowest BCUT2D eigenvalue weighted by Gasteiger charge is -2.21. The zero-order valence-corrected chi connectivity index (χ0v) is 10.5. The standard InChI is InChI=1S/C14H21N3/c1-2-17(11-7-3-6-10-15)12-13-8-4-5-9-14(13)16/h4-5,8-9H,2-3,6-7,11-12,16H2,1H3. The number of rotatable bonds is 7. The lowest BCUT2D eigenvalue weighted by atomic mass is 10.1. The minimum atomic E-state index is 0.658. The van der Waals surface area contributed by atoms with Crippen molar-refractivity contribution in [1.29, 1.82) is 5.26 Å². The number of nitriles is 1. The van der Waals surface area contributed by atoms with E-state index in [4.69, 9.17) is 11.0 Å². The molecule has 0 aliphatic heterocycles. The molecule has 92 valence electrons. The van der Waals surface area contributed by atoms with E-state index in [-0.39, 0.29) is 0 Å². The molecule has 0 unspecified atom stereocenters. The molecule has 0 radical (unpaired) electrons. The van der Waals surface area contributed by atoms with Gasteiger partial charge in [-0.05, 0) is 37.6 Å². The van der Waals surface area contributed by atoms with Crippen LogP contribution >= 0.6 is 0 Å². The molecule has 1 aromatic rings. The average Bonchev–Trinajstić information content (AvgIpc) is 2.35. The number of nitrogens with two attached hydrogens (primary N) is 1. The van der Waals surface area contributed by atoms with Gasteiger partial charge in [-0.2, -0.15) is 5.26 Å². The van der Waals surface area contributed by atoms with E-state index in [1.54, 1.807) is 0 Å². The molecule has 17 heavy (non-hydrogen) atoms. The minimum Gasteiger partial charge on any atom is -0.398 e. The number of anilines is 1. The molecule has 0 fully saturated rings. The van der Waals surface area contributed by atoms with E-state index in [0.29, 0.717) is 6.42 Å². The van der Waals surface area contributed by atoms with Crippen LogP contribution in [0.4, 0.5) is 5.69 Å². The molecule has 2 N–H and O–H groups in total. The first-order valence-corrected chi connectivity index (χ1v) is 6.20. The van der Waals surface area contributed by atoms with Gasteiger partial charge >= 0.3 is 0 Å². The molecule has 0 aromatic heterocycles. The maximum atomic E-state index is 8.48. The van der Waals surface area contributed by atoms with E-state index in [1.807, 2.05) is 18.2 Å². The van der Waals surface area contributed by atoms with Crippen molar-refractivity contribution in [3.8, 4) is 6.07 Å². The van der Waals surface area contributed by atoms with Gasteiger partial charge in [0.1, 0.15) is 0 Å². The molecule has 3 nitrogen and oxygen atoms in total. The maximum Gasteiger partial charge on any atom is 0.0621 e. The van der Waals surface area contributed by atoms with Crippen LogP contribution in [0.5, 0.6) is 0 Å². The molecule has 0 spiro atoms. The Morgan fingerprint density at radius 3 is 2.71 bits per heavy atom. The summed E-state index contributed by atoms with van der Waals surface area (Å²) in [5, 5.41) is 8.48. The molecule has 3 heteroatoms. The summed E-state index contributed by atoms with van der Waals surface area (Å²) < 4.78 is 0. The molecule has 0 saturated carbocycles. The topological polar surface area (TPSA) is 53.0 Å². The highest BCUT2D eigenvalue weighted by atomic mass is 15.1. The van der Waals surface area contributed by atoms with Gasteiger partial charge < -0.3 is 5.73 Å². The second kappa shape index (κ2) is 7.70. The monoisotopic (exact) mass is 231 g/mol. The van der Waals surface area contributed by atoms with Gasteiger partial charge in [0.05, 0.1) is 6.07 Å². The van der Waals surface area contributed by atoms with Crippen molar-refractivity contribution in [2.45, 2.75) is 32.7 Å². The van der Waals surface area contributed by atoms with Crippen LogP contribution in [0.2, 0.25) is 0 Å². The number of hydrogen-bond donors (Lipinski definition) is 1. The molecule has 0 bridgehead atoms. The summed E-state index contributed by atoms with van der Waals surface area (Å²) in [4.78, 5) is 2.36. The highest BCUT2D eigenvalue weighted by Crippen LogP contribution is 2.13. The van der Waals surface area contributed by atoms with Crippen LogP contribution in [-0.2, 0) is 6.54 Å². The fraction of sp³-hybridized carbons (Fsp3) is 0.500. The first-order valence-electron chi connectivity index (χ1n) is 6.20. The average molecular weight is 231 g/mol. The number of hydrogen-bond acceptors (Lipinski definition) is 3. The number of nitrogens with zero attached hydrogens (tertiary/aromatic N) is 2. The summed E-state index contributed by atoms with van der Waals surface area (Å²) in [6, 6.07) is 10.2. The van der Waals surface area contributed by atoms with Crippen molar-refractivity contribution in [1.82, 2.24) is 4.90 Å². The molecular weight excluding hydrogens is 210 g/mol. The van der Waals surface area contributed by atoms with E-state index in [1.165, 1.54) is 5.56 Å². The zero-order valence-electron chi connectivity index (χ0n) is 10.5. The van der Waals surface area contributed by atoms with Gasteiger partial charge in [0.15, 0.2) is 0 Å². The van der Waals surface area contributed by atoms with Crippen molar-refractivity contribution in [2.24, 2.45) is 0 Å². The van der Waals surface area contributed by atoms with Crippen molar-refractivity contribution < 1.29 is 0 Å². The SMILES string of the molecule is CCN(CCCCC#N)Cc1ccccc1N. The van der Waals surface area contributed by atoms with Crippen LogP contribution in [0.15, 0.2) is 24.3 Å². The van der Waals surface area contributed by atoms with Gasteiger partial charge in [-0.15, -0.1) is 0 Å². The third-order valence-corrected chi connectivity index (χ3v) is 2.91. The van der Waals surface area contributed by atoms with E-state index in [9.17, 15) is 0 Å². The Labute approximate surface area is 104 Å². The van der Waals surface area contributed by atoms with Gasteiger partial charge in [-0.25, -0.2) is 0 Å². The fourth-order valence-electron chi connectivity index (χ4n) is 1.81. The maximum absolute atomic E-state index is 8.48. The van der Waals surface area contributed by atoms with Gasteiger partial charge in [-0.1, -0.05) is 25.1 Å². The smallest absolute Gasteiger partial charge is 0.0621 e. The first kappa shape index (κ1) is 13.5. The van der Waals surface area contributed by atoms with Gasteiger partial charge in [0.25, 0.3) is 0 Å². The summed E-state index contributed by atoms with van der Waals surface area (Å²) in [6.07, 6.45) is 2.72.